The molecule has 0 radical (unpaired) electrons. The Kier molecular flexibility index (Phi) is 4.59. The third kappa shape index (κ3) is 3.62. The van der Waals surface area contributed by atoms with Crippen molar-refractivity contribution in [3.63, 3.8) is 0 Å². The van der Waals surface area contributed by atoms with E-state index in [9.17, 15) is 8.78 Å². The molecule has 182 valence electrons. The first-order chi connectivity index (χ1) is 16.8. The van der Waals surface area contributed by atoms with E-state index >= 15 is 0 Å². The van der Waals surface area contributed by atoms with Crippen molar-refractivity contribution in [2.75, 3.05) is 24.5 Å². The van der Waals surface area contributed by atoms with Gasteiger partial charge in [0.05, 0.1) is 24.1 Å². The van der Waals surface area contributed by atoms with Gasteiger partial charge in [-0.1, -0.05) is 11.6 Å². The second-order valence-corrected chi connectivity index (χ2v) is 11.4. The highest BCUT2D eigenvalue weighted by molar-refractivity contribution is 6.30. The fraction of sp³-hybridized carbons (Fsp3) is 0.520. The van der Waals surface area contributed by atoms with Gasteiger partial charge in [-0.05, 0) is 56.4 Å². The van der Waals surface area contributed by atoms with Crippen molar-refractivity contribution in [1.29, 1.82) is 0 Å². The fourth-order valence-electron chi connectivity index (χ4n) is 6.09. The molecule has 2 aliphatic carbocycles. The van der Waals surface area contributed by atoms with E-state index < -0.39 is 5.67 Å². The van der Waals surface area contributed by atoms with Gasteiger partial charge in [-0.25, -0.2) is 18.7 Å². The standard InChI is InChI=1S/C25H26ClF2N7/c1-15-19(27)9-29-23(30-15)34-12-24(13-34)7-17(8-24)22-32-31-21-11-33(14-25(28)4-5-25)10-16-6-18(26)2-3-20(16)35(21)22/h2-3,6,9,17H,4-5,7-8,10-14H2,1H3. The second kappa shape index (κ2) is 7.43. The zero-order valence-electron chi connectivity index (χ0n) is 19.5. The van der Waals surface area contributed by atoms with Crippen molar-refractivity contribution in [3.05, 3.63) is 58.1 Å². The number of hydrogen-bond acceptors (Lipinski definition) is 6. The summed E-state index contributed by atoms with van der Waals surface area (Å²) in [5.74, 6) is 2.36. The molecule has 35 heavy (non-hydrogen) atoms. The first-order valence-electron chi connectivity index (χ1n) is 12.2. The van der Waals surface area contributed by atoms with E-state index in [-0.39, 0.29) is 11.2 Å². The summed E-state index contributed by atoms with van der Waals surface area (Å²) in [5, 5.41) is 9.87. The zero-order valence-corrected chi connectivity index (χ0v) is 20.3. The average molecular weight is 498 g/mol. The monoisotopic (exact) mass is 497 g/mol. The van der Waals surface area contributed by atoms with Gasteiger partial charge in [0.15, 0.2) is 11.6 Å². The van der Waals surface area contributed by atoms with Crippen molar-refractivity contribution in [2.24, 2.45) is 5.41 Å². The Morgan fingerprint density at radius 1 is 1.14 bits per heavy atom. The van der Waals surface area contributed by atoms with Crippen LogP contribution in [0.3, 0.4) is 0 Å². The number of nitrogens with zero attached hydrogens (tertiary/aromatic N) is 7. The number of anilines is 1. The van der Waals surface area contributed by atoms with E-state index in [1.807, 2.05) is 18.2 Å². The molecule has 1 aromatic carbocycles. The lowest BCUT2D eigenvalue weighted by molar-refractivity contribution is 0.0574. The van der Waals surface area contributed by atoms with Gasteiger partial charge >= 0.3 is 0 Å². The second-order valence-electron chi connectivity index (χ2n) is 10.9. The third-order valence-electron chi connectivity index (χ3n) is 8.06. The molecule has 2 aliphatic heterocycles. The number of rotatable bonds is 4. The van der Waals surface area contributed by atoms with Crippen LogP contribution in [0.5, 0.6) is 0 Å². The van der Waals surface area contributed by atoms with Crippen molar-refractivity contribution in [1.82, 2.24) is 29.6 Å². The fourth-order valence-corrected chi connectivity index (χ4v) is 6.28. The Bertz CT molecular complexity index is 1320. The molecule has 0 unspecified atom stereocenters. The molecule has 2 aromatic heterocycles. The maximum absolute atomic E-state index is 14.6. The van der Waals surface area contributed by atoms with Crippen molar-refractivity contribution in [2.45, 2.75) is 57.3 Å². The summed E-state index contributed by atoms with van der Waals surface area (Å²) in [4.78, 5) is 12.7. The minimum atomic E-state index is -1.07. The van der Waals surface area contributed by atoms with Crippen LogP contribution in [0.1, 0.15) is 54.5 Å². The Morgan fingerprint density at radius 3 is 2.69 bits per heavy atom. The molecule has 4 aliphatic rings. The Balaban J connectivity index is 1.12. The highest BCUT2D eigenvalue weighted by Crippen LogP contribution is 2.56. The topological polar surface area (TPSA) is 63.0 Å². The van der Waals surface area contributed by atoms with Crippen molar-refractivity contribution in [3.8, 4) is 5.69 Å². The van der Waals surface area contributed by atoms with Gasteiger partial charge in [-0.15, -0.1) is 10.2 Å². The molecule has 2 saturated carbocycles. The van der Waals surface area contributed by atoms with Gasteiger partial charge in [-0.3, -0.25) is 9.47 Å². The molecular formula is C25H26ClF2N7. The molecule has 7 nitrogen and oxygen atoms in total. The number of fused-ring (bicyclic) bond motifs is 3. The summed E-state index contributed by atoms with van der Waals surface area (Å²) >= 11 is 6.34. The quantitative estimate of drug-likeness (QED) is 0.533. The SMILES string of the molecule is Cc1nc(N2CC3(CC(c4nnc5n4-c4ccc(Cl)cc4CN(CC4(F)CC4)C5)C3)C2)ncc1F. The number of alkyl halides is 1. The van der Waals surface area contributed by atoms with E-state index in [0.29, 0.717) is 55.1 Å². The Hall–Kier alpha value is -2.65. The summed E-state index contributed by atoms with van der Waals surface area (Å²) in [6, 6.07) is 5.92. The molecule has 4 heterocycles. The average Bonchev–Trinajstić information content (AvgIpc) is 3.39. The van der Waals surface area contributed by atoms with Crippen LogP contribution >= 0.6 is 11.6 Å². The van der Waals surface area contributed by atoms with Gasteiger partial charge < -0.3 is 4.90 Å². The molecule has 0 atom stereocenters. The van der Waals surface area contributed by atoms with Crippen molar-refractivity contribution >= 4 is 17.5 Å². The first-order valence-corrected chi connectivity index (χ1v) is 12.6. The number of aromatic nitrogens is 5. The van der Waals surface area contributed by atoms with Gasteiger partial charge in [0.1, 0.15) is 11.5 Å². The first kappa shape index (κ1) is 21.6. The minimum absolute atomic E-state index is 0.217. The van der Waals surface area contributed by atoms with Crippen LogP contribution in [0, 0.1) is 18.2 Å². The lowest BCUT2D eigenvalue weighted by Crippen LogP contribution is -2.62. The molecule has 0 amide bonds. The van der Waals surface area contributed by atoms with E-state index in [1.54, 1.807) is 6.92 Å². The van der Waals surface area contributed by atoms with E-state index in [1.165, 1.54) is 6.20 Å². The number of benzene rings is 1. The van der Waals surface area contributed by atoms with Gasteiger partial charge in [0.2, 0.25) is 5.95 Å². The zero-order chi connectivity index (χ0) is 23.9. The molecule has 0 bridgehead atoms. The molecule has 1 saturated heterocycles. The summed E-state index contributed by atoms with van der Waals surface area (Å²) in [5.41, 5.74) is 1.65. The predicted molar refractivity (Wildman–Crippen MR) is 127 cm³/mol. The van der Waals surface area contributed by atoms with Crippen LogP contribution in [-0.2, 0) is 13.1 Å². The molecular weight excluding hydrogens is 472 g/mol. The van der Waals surface area contributed by atoms with E-state index in [0.717, 1.165) is 48.8 Å². The van der Waals surface area contributed by atoms with Crippen LogP contribution in [0.2, 0.25) is 5.02 Å². The van der Waals surface area contributed by atoms with Crippen LogP contribution < -0.4 is 4.90 Å². The normalized spacial score (nSPS) is 22.2. The Labute approximate surface area is 207 Å². The maximum Gasteiger partial charge on any atom is 0.225 e. The molecule has 3 aromatic rings. The number of aryl methyl sites for hydroxylation is 1. The van der Waals surface area contributed by atoms with Crippen LogP contribution in [0.15, 0.2) is 24.4 Å². The maximum atomic E-state index is 14.6. The highest BCUT2D eigenvalue weighted by Gasteiger charge is 2.55. The number of halogens is 3. The predicted octanol–water partition coefficient (Wildman–Crippen LogP) is 4.36. The Morgan fingerprint density at radius 2 is 1.94 bits per heavy atom. The van der Waals surface area contributed by atoms with Crippen molar-refractivity contribution < 1.29 is 8.78 Å². The molecule has 7 rings (SSSR count). The minimum Gasteiger partial charge on any atom is -0.340 e. The number of hydrogen-bond donors (Lipinski definition) is 0. The third-order valence-corrected chi connectivity index (χ3v) is 8.30. The summed E-state index contributed by atoms with van der Waals surface area (Å²) in [6.45, 7) is 5.02. The molecule has 3 fully saturated rings. The van der Waals surface area contributed by atoms with E-state index in [4.69, 9.17) is 11.6 Å². The summed E-state index contributed by atoms with van der Waals surface area (Å²) in [7, 11) is 0. The molecule has 1 spiro atoms. The summed E-state index contributed by atoms with van der Waals surface area (Å²) in [6.07, 6.45) is 4.55. The lowest BCUT2D eigenvalue weighted by Gasteiger charge is -2.58. The van der Waals surface area contributed by atoms with Gasteiger partial charge in [0.25, 0.3) is 0 Å². The largest absolute Gasteiger partial charge is 0.340 e. The lowest BCUT2D eigenvalue weighted by atomic mass is 9.57. The van der Waals surface area contributed by atoms with E-state index in [2.05, 4.69) is 34.5 Å². The highest BCUT2D eigenvalue weighted by atomic mass is 35.5. The summed E-state index contributed by atoms with van der Waals surface area (Å²) < 4.78 is 30.4. The van der Waals surface area contributed by atoms with Gasteiger partial charge in [0, 0.05) is 42.5 Å². The molecule has 10 heteroatoms. The molecule has 0 N–H and O–H groups in total. The van der Waals surface area contributed by atoms with Crippen LogP contribution in [-0.4, -0.2) is 54.9 Å². The van der Waals surface area contributed by atoms with Gasteiger partial charge in [-0.2, -0.15) is 0 Å². The smallest absolute Gasteiger partial charge is 0.225 e. The van der Waals surface area contributed by atoms with Crippen LogP contribution in [0.25, 0.3) is 5.69 Å². The van der Waals surface area contributed by atoms with Crippen LogP contribution in [0.4, 0.5) is 14.7 Å².